The Morgan fingerprint density at radius 2 is 2.10 bits per heavy atom. The Labute approximate surface area is 132 Å². The van der Waals surface area contributed by atoms with Gasteiger partial charge in [-0.15, -0.1) is 0 Å². The Morgan fingerprint density at radius 3 is 2.90 bits per heavy atom. The van der Waals surface area contributed by atoms with Crippen LogP contribution in [0.25, 0.3) is 0 Å². The first kappa shape index (κ1) is 14.1. The van der Waals surface area contributed by atoms with Gasteiger partial charge in [-0.1, -0.05) is 52.3 Å². The highest BCUT2D eigenvalue weighted by Crippen LogP contribution is 2.41. The van der Waals surface area contributed by atoms with Gasteiger partial charge in [0.2, 0.25) is 0 Å². The molecule has 0 saturated carbocycles. The lowest BCUT2D eigenvalue weighted by molar-refractivity contribution is -0.139. The molecule has 1 aliphatic rings. The van der Waals surface area contributed by atoms with Gasteiger partial charge in [-0.2, -0.15) is 0 Å². The molecular weight excluding hydrogens is 332 g/mol. The van der Waals surface area contributed by atoms with E-state index in [1.165, 1.54) is 18.2 Å². The molecule has 1 atom stereocenters. The summed E-state index contributed by atoms with van der Waals surface area (Å²) >= 11 is 3.76. The second-order valence-electron chi connectivity index (χ2n) is 4.98. The molecule has 2 aromatic carbocycles. The first-order valence-corrected chi connectivity index (χ1v) is 7.65. The quantitative estimate of drug-likeness (QED) is 0.613. The topological polar surface area (TPSA) is 35.5 Å². The van der Waals surface area contributed by atoms with Crippen LogP contribution >= 0.6 is 15.9 Å². The molecule has 0 bridgehead atoms. The first-order valence-electron chi connectivity index (χ1n) is 6.73. The van der Waals surface area contributed by atoms with Crippen LogP contribution in [0.5, 0.6) is 5.75 Å². The van der Waals surface area contributed by atoms with E-state index in [1.807, 2.05) is 30.3 Å². The molecule has 0 radical (unpaired) electrons. The number of rotatable bonds is 2. The maximum absolute atomic E-state index is 11.4. The van der Waals surface area contributed by atoms with E-state index in [1.54, 1.807) is 0 Å². The van der Waals surface area contributed by atoms with Crippen LogP contribution in [-0.4, -0.2) is 13.1 Å². The molecule has 1 aliphatic heterocycles. The third kappa shape index (κ3) is 2.81. The average molecular weight is 347 g/mol. The highest BCUT2D eigenvalue weighted by molar-refractivity contribution is 9.09. The smallest absolute Gasteiger partial charge is 0.309 e. The second kappa shape index (κ2) is 5.90. The first-order chi connectivity index (χ1) is 10.2. The summed E-state index contributed by atoms with van der Waals surface area (Å²) in [4.78, 5) is 11.5. The summed E-state index contributed by atoms with van der Waals surface area (Å²) in [5, 5.41) is 0. The minimum Gasteiger partial charge on any atom is -0.489 e. The van der Waals surface area contributed by atoms with Crippen molar-refractivity contribution in [1.82, 2.24) is 0 Å². The standard InChI is InChI=1S/C17H15BrO3/c1-20-16(19)9-11-6-7-15-14(8-11)17(18)13-5-3-2-4-12(13)10-21-15/h2-8,17H,9-10H2,1H3/t17-/m0/s1. The molecule has 3 rings (SSSR count). The summed E-state index contributed by atoms with van der Waals surface area (Å²) in [5.41, 5.74) is 4.34. The van der Waals surface area contributed by atoms with Crippen molar-refractivity contribution in [2.24, 2.45) is 0 Å². The van der Waals surface area contributed by atoms with Crippen LogP contribution in [0.1, 0.15) is 27.1 Å². The van der Waals surface area contributed by atoms with Crippen LogP contribution in [0.3, 0.4) is 0 Å². The molecule has 0 unspecified atom stereocenters. The Kier molecular flexibility index (Phi) is 3.97. The van der Waals surface area contributed by atoms with Crippen molar-refractivity contribution in [1.29, 1.82) is 0 Å². The average Bonchev–Trinajstić information content (AvgIpc) is 2.65. The highest BCUT2D eigenvalue weighted by Gasteiger charge is 2.22. The number of benzene rings is 2. The number of alkyl halides is 1. The molecule has 0 aromatic heterocycles. The monoisotopic (exact) mass is 346 g/mol. The Morgan fingerprint density at radius 1 is 1.29 bits per heavy atom. The number of fused-ring (bicyclic) bond motifs is 2. The number of hydrogen-bond donors (Lipinski definition) is 0. The molecule has 0 amide bonds. The summed E-state index contributed by atoms with van der Waals surface area (Å²) in [7, 11) is 1.40. The Balaban J connectivity index is 2.00. The number of ether oxygens (including phenoxy) is 2. The van der Waals surface area contributed by atoms with Gasteiger partial charge in [0.15, 0.2) is 0 Å². The number of halogens is 1. The van der Waals surface area contributed by atoms with Crippen LogP contribution < -0.4 is 4.74 Å². The normalized spacial score (nSPS) is 16.2. The van der Waals surface area contributed by atoms with Crippen molar-refractivity contribution in [3.8, 4) is 5.75 Å². The van der Waals surface area contributed by atoms with E-state index in [0.29, 0.717) is 6.61 Å². The number of carbonyl (C=O) groups excluding carboxylic acids is 1. The van der Waals surface area contributed by atoms with Gasteiger partial charge >= 0.3 is 5.97 Å². The minimum absolute atomic E-state index is 0.0591. The minimum atomic E-state index is -0.240. The molecule has 0 N–H and O–H groups in total. The predicted molar refractivity (Wildman–Crippen MR) is 83.7 cm³/mol. The molecule has 0 fully saturated rings. The van der Waals surface area contributed by atoms with Crippen LogP contribution in [0.4, 0.5) is 0 Å². The largest absolute Gasteiger partial charge is 0.489 e. The van der Waals surface area contributed by atoms with Gasteiger partial charge in [0.25, 0.3) is 0 Å². The van der Waals surface area contributed by atoms with Crippen molar-refractivity contribution in [3.05, 3.63) is 64.7 Å². The molecule has 0 spiro atoms. The van der Waals surface area contributed by atoms with Gasteiger partial charge in [0, 0.05) is 5.56 Å². The SMILES string of the molecule is COC(=O)Cc1ccc2c(c1)[C@@H](Br)c1ccccc1CO2. The maximum atomic E-state index is 11.4. The Bertz CT molecular complexity index is 681. The van der Waals surface area contributed by atoms with Gasteiger partial charge in [-0.05, 0) is 22.8 Å². The zero-order valence-electron chi connectivity index (χ0n) is 11.6. The van der Waals surface area contributed by atoms with Crippen LogP contribution in [0.15, 0.2) is 42.5 Å². The van der Waals surface area contributed by atoms with E-state index in [4.69, 9.17) is 9.47 Å². The van der Waals surface area contributed by atoms with Crippen molar-refractivity contribution in [2.45, 2.75) is 17.9 Å². The molecule has 108 valence electrons. The fraction of sp³-hybridized carbons (Fsp3) is 0.235. The molecule has 0 aliphatic carbocycles. The molecular formula is C17H15BrO3. The van der Waals surface area contributed by atoms with E-state index in [-0.39, 0.29) is 17.2 Å². The third-order valence-corrected chi connectivity index (χ3v) is 4.62. The number of esters is 1. The molecule has 3 nitrogen and oxygen atoms in total. The molecule has 21 heavy (non-hydrogen) atoms. The van der Waals surface area contributed by atoms with E-state index in [0.717, 1.165) is 16.9 Å². The molecule has 4 heteroatoms. The zero-order chi connectivity index (χ0) is 14.8. The summed E-state index contributed by atoms with van der Waals surface area (Å²) in [6.45, 7) is 0.557. The third-order valence-electron chi connectivity index (χ3n) is 3.63. The molecule has 2 aromatic rings. The van der Waals surface area contributed by atoms with Gasteiger partial charge < -0.3 is 9.47 Å². The summed E-state index contributed by atoms with van der Waals surface area (Å²) < 4.78 is 10.6. The predicted octanol–water partition coefficient (Wildman–Crippen LogP) is 3.78. The molecule has 0 saturated heterocycles. The van der Waals surface area contributed by atoms with Gasteiger partial charge in [0.05, 0.1) is 18.4 Å². The van der Waals surface area contributed by atoms with Crippen LogP contribution in [0, 0.1) is 0 Å². The van der Waals surface area contributed by atoms with Crippen molar-refractivity contribution < 1.29 is 14.3 Å². The van der Waals surface area contributed by atoms with Crippen LogP contribution in [-0.2, 0) is 22.6 Å². The van der Waals surface area contributed by atoms with E-state index >= 15 is 0 Å². The van der Waals surface area contributed by atoms with Gasteiger partial charge in [0.1, 0.15) is 12.4 Å². The zero-order valence-corrected chi connectivity index (χ0v) is 13.2. The van der Waals surface area contributed by atoms with E-state index < -0.39 is 0 Å². The van der Waals surface area contributed by atoms with E-state index in [2.05, 4.69) is 28.1 Å². The van der Waals surface area contributed by atoms with Crippen molar-refractivity contribution >= 4 is 21.9 Å². The number of methoxy groups -OCH3 is 1. The van der Waals surface area contributed by atoms with Crippen LogP contribution in [0.2, 0.25) is 0 Å². The van der Waals surface area contributed by atoms with E-state index in [9.17, 15) is 4.79 Å². The summed E-state index contributed by atoms with van der Waals surface area (Å²) in [5.74, 6) is 0.609. The summed E-state index contributed by atoms with van der Waals surface area (Å²) in [6.07, 6.45) is 0.269. The second-order valence-corrected chi connectivity index (χ2v) is 5.89. The lowest BCUT2D eigenvalue weighted by atomic mass is 9.98. The number of hydrogen-bond acceptors (Lipinski definition) is 3. The summed E-state index contributed by atoms with van der Waals surface area (Å²) in [6, 6.07) is 14.1. The lowest BCUT2D eigenvalue weighted by Gasteiger charge is -2.13. The maximum Gasteiger partial charge on any atom is 0.309 e. The van der Waals surface area contributed by atoms with Crippen molar-refractivity contribution in [2.75, 3.05) is 7.11 Å². The van der Waals surface area contributed by atoms with Gasteiger partial charge in [-0.25, -0.2) is 0 Å². The lowest BCUT2D eigenvalue weighted by Crippen LogP contribution is -2.05. The fourth-order valence-electron chi connectivity index (χ4n) is 2.51. The number of carbonyl (C=O) groups is 1. The highest BCUT2D eigenvalue weighted by atomic mass is 79.9. The molecule has 1 heterocycles. The van der Waals surface area contributed by atoms with Crippen molar-refractivity contribution in [3.63, 3.8) is 0 Å². The Hall–Kier alpha value is -1.81. The fourth-order valence-corrected chi connectivity index (χ4v) is 3.32. The van der Waals surface area contributed by atoms with Gasteiger partial charge in [-0.3, -0.25) is 4.79 Å².